The van der Waals surface area contributed by atoms with E-state index in [1.807, 2.05) is 0 Å². The Bertz CT molecular complexity index is 220. The SMILES string of the molecule is CC1CC(C)C2=C1C=CCC2. The average Bonchev–Trinajstić information content (AvgIpc) is 2.30. The molecule has 0 aliphatic heterocycles. The Hall–Kier alpha value is -0.520. The van der Waals surface area contributed by atoms with Crippen LogP contribution < -0.4 is 0 Å². The van der Waals surface area contributed by atoms with E-state index >= 15 is 0 Å². The number of hydrogen-bond donors (Lipinski definition) is 0. The summed E-state index contributed by atoms with van der Waals surface area (Å²) < 4.78 is 0. The topological polar surface area (TPSA) is 0 Å². The van der Waals surface area contributed by atoms with Crippen LogP contribution in [0.4, 0.5) is 0 Å². The minimum atomic E-state index is 0.830. The van der Waals surface area contributed by atoms with Gasteiger partial charge in [-0.25, -0.2) is 0 Å². The van der Waals surface area contributed by atoms with Crippen LogP contribution >= 0.6 is 0 Å². The molecule has 11 heavy (non-hydrogen) atoms. The highest BCUT2D eigenvalue weighted by molar-refractivity contribution is 5.36. The van der Waals surface area contributed by atoms with Gasteiger partial charge in [0, 0.05) is 0 Å². The molecule has 0 heteroatoms. The fraction of sp³-hybridized carbons (Fsp3) is 0.636. The second kappa shape index (κ2) is 2.51. The zero-order valence-corrected chi connectivity index (χ0v) is 7.43. The summed E-state index contributed by atoms with van der Waals surface area (Å²) in [4.78, 5) is 0. The van der Waals surface area contributed by atoms with E-state index in [2.05, 4.69) is 26.0 Å². The summed E-state index contributed by atoms with van der Waals surface area (Å²) in [7, 11) is 0. The third-order valence-electron chi connectivity index (χ3n) is 3.08. The average molecular weight is 148 g/mol. The van der Waals surface area contributed by atoms with Crippen LogP contribution in [0.1, 0.15) is 33.1 Å². The molecular formula is C11H16. The van der Waals surface area contributed by atoms with Crippen molar-refractivity contribution in [3.05, 3.63) is 23.3 Å². The summed E-state index contributed by atoms with van der Waals surface area (Å²) >= 11 is 0. The van der Waals surface area contributed by atoms with Crippen LogP contribution in [-0.2, 0) is 0 Å². The Morgan fingerprint density at radius 3 is 2.82 bits per heavy atom. The molecule has 0 nitrogen and oxygen atoms in total. The van der Waals surface area contributed by atoms with E-state index in [9.17, 15) is 0 Å². The second-order valence-corrected chi connectivity index (χ2v) is 3.96. The van der Waals surface area contributed by atoms with E-state index < -0.39 is 0 Å². The van der Waals surface area contributed by atoms with Gasteiger partial charge in [0.15, 0.2) is 0 Å². The first-order chi connectivity index (χ1) is 5.29. The Labute approximate surface area is 69.0 Å². The number of allylic oxidation sites excluding steroid dienone is 4. The summed E-state index contributed by atoms with van der Waals surface area (Å²) in [5.74, 6) is 1.70. The van der Waals surface area contributed by atoms with Crippen LogP contribution in [-0.4, -0.2) is 0 Å². The summed E-state index contributed by atoms with van der Waals surface area (Å²) in [5.41, 5.74) is 3.41. The maximum absolute atomic E-state index is 2.37. The van der Waals surface area contributed by atoms with Gasteiger partial charge >= 0.3 is 0 Å². The first-order valence-corrected chi connectivity index (χ1v) is 4.68. The molecule has 0 N–H and O–H groups in total. The maximum Gasteiger partial charge on any atom is -0.0185 e. The van der Waals surface area contributed by atoms with Crippen LogP contribution in [0, 0.1) is 11.8 Å². The molecule has 0 aromatic rings. The first-order valence-electron chi connectivity index (χ1n) is 4.68. The van der Waals surface area contributed by atoms with Gasteiger partial charge in [-0.3, -0.25) is 0 Å². The molecule has 2 aliphatic rings. The molecule has 2 rings (SSSR count). The summed E-state index contributed by atoms with van der Waals surface area (Å²) in [6.45, 7) is 4.73. The zero-order chi connectivity index (χ0) is 7.84. The van der Waals surface area contributed by atoms with E-state index in [4.69, 9.17) is 0 Å². The van der Waals surface area contributed by atoms with Crippen LogP contribution in [0.3, 0.4) is 0 Å². The van der Waals surface area contributed by atoms with Crippen molar-refractivity contribution >= 4 is 0 Å². The lowest BCUT2D eigenvalue weighted by Crippen LogP contribution is -1.95. The predicted molar refractivity (Wildman–Crippen MR) is 48.3 cm³/mol. The third-order valence-corrected chi connectivity index (χ3v) is 3.08. The van der Waals surface area contributed by atoms with Crippen molar-refractivity contribution in [2.24, 2.45) is 11.8 Å². The Balaban J connectivity index is 2.33. The van der Waals surface area contributed by atoms with Gasteiger partial charge in [-0.2, -0.15) is 0 Å². The molecular weight excluding hydrogens is 132 g/mol. The van der Waals surface area contributed by atoms with Crippen molar-refractivity contribution in [2.75, 3.05) is 0 Å². The molecule has 2 aliphatic carbocycles. The molecule has 0 saturated carbocycles. The molecule has 0 amide bonds. The van der Waals surface area contributed by atoms with Crippen LogP contribution in [0.5, 0.6) is 0 Å². The van der Waals surface area contributed by atoms with Gasteiger partial charge in [0.25, 0.3) is 0 Å². The van der Waals surface area contributed by atoms with E-state index in [1.165, 1.54) is 19.3 Å². The van der Waals surface area contributed by atoms with Crippen molar-refractivity contribution in [3.8, 4) is 0 Å². The van der Waals surface area contributed by atoms with E-state index in [0.29, 0.717) is 0 Å². The molecule has 2 unspecified atom stereocenters. The lowest BCUT2D eigenvalue weighted by Gasteiger charge is -2.12. The van der Waals surface area contributed by atoms with E-state index in [1.54, 1.807) is 11.1 Å². The minimum absolute atomic E-state index is 0.830. The van der Waals surface area contributed by atoms with Crippen molar-refractivity contribution in [1.29, 1.82) is 0 Å². The van der Waals surface area contributed by atoms with Crippen molar-refractivity contribution in [3.63, 3.8) is 0 Å². The van der Waals surface area contributed by atoms with Gasteiger partial charge in [-0.05, 0) is 36.7 Å². The smallest absolute Gasteiger partial charge is 0.0185 e. The molecule has 0 saturated heterocycles. The predicted octanol–water partition coefficient (Wildman–Crippen LogP) is 3.31. The molecule has 0 spiro atoms. The monoisotopic (exact) mass is 148 g/mol. The van der Waals surface area contributed by atoms with Gasteiger partial charge < -0.3 is 0 Å². The van der Waals surface area contributed by atoms with Crippen LogP contribution in [0.15, 0.2) is 23.3 Å². The third kappa shape index (κ3) is 1.05. The van der Waals surface area contributed by atoms with E-state index in [0.717, 1.165) is 11.8 Å². The van der Waals surface area contributed by atoms with Crippen molar-refractivity contribution in [1.82, 2.24) is 0 Å². The van der Waals surface area contributed by atoms with E-state index in [-0.39, 0.29) is 0 Å². The molecule has 0 radical (unpaired) electrons. The normalized spacial score (nSPS) is 36.2. The highest BCUT2D eigenvalue weighted by Crippen LogP contribution is 2.41. The second-order valence-electron chi connectivity index (χ2n) is 3.96. The Kier molecular flexibility index (Phi) is 1.63. The Morgan fingerprint density at radius 2 is 2.09 bits per heavy atom. The summed E-state index contributed by atoms with van der Waals surface area (Å²) in [6.07, 6.45) is 8.67. The van der Waals surface area contributed by atoms with Gasteiger partial charge in [0.05, 0.1) is 0 Å². The maximum atomic E-state index is 2.37. The molecule has 60 valence electrons. The van der Waals surface area contributed by atoms with Gasteiger partial charge in [0.1, 0.15) is 0 Å². The standard InChI is InChI=1S/C11H16/c1-8-7-9(2)11-6-4-3-5-10(8)11/h3,5,8-9H,4,6-7H2,1-2H3. The molecule has 0 bridgehead atoms. The zero-order valence-electron chi connectivity index (χ0n) is 7.43. The van der Waals surface area contributed by atoms with Crippen LogP contribution in [0.2, 0.25) is 0 Å². The molecule has 2 atom stereocenters. The summed E-state index contributed by atoms with van der Waals surface area (Å²) in [5, 5.41) is 0. The highest BCUT2D eigenvalue weighted by atomic mass is 14.3. The molecule has 0 aromatic heterocycles. The fourth-order valence-electron chi connectivity index (χ4n) is 2.51. The lowest BCUT2D eigenvalue weighted by molar-refractivity contribution is 0.564. The van der Waals surface area contributed by atoms with Gasteiger partial charge in [-0.1, -0.05) is 31.6 Å². The molecule has 0 aromatic carbocycles. The van der Waals surface area contributed by atoms with Gasteiger partial charge in [-0.15, -0.1) is 0 Å². The fourth-order valence-corrected chi connectivity index (χ4v) is 2.51. The van der Waals surface area contributed by atoms with Gasteiger partial charge in [0.2, 0.25) is 0 Å². The molecule has 0 fully saturated rings. The number of rotatable bonds is 0. The molecule has 0 heterocycles. The summed E-state index contributed by atoms with van der Waals surface area (Å²) in [6, 6.07) is 0. The van der Waals surface area contributed by atoms with Crippen molar-refractivity contribution < 1.29 is 0 Å². The number of hydrogen-bond acceptors (Lipinski definition) is 0. The van der Waals surface area contributed by atoms with Crippen LogP contribution in [0.25, 0.3) is 0 Å². The minimum Gasteiger partial charge on any atom is -0.0839 e. The largest absolute Gasteiger partial charge is 0.0839 e. The first kappa shape index (κ1) is 7.15. The quantitative estimate of drug-likeness (QED) is 0.494. The lowest BCUT2D eigenvalue weighted by atomic mass is 9.94. The highest BCUT2D eigenvalue weighted by Gasteiger charge is 2.26. The Morgan fingerprint density at radius 1 is 1.27 bits per heavy atom. The van der Waals surface area contributed by atoms with Crippen molar-refractivity contribution in [2.45, 2.75) is 33.1 Å².